The summed E-state index contributed by atoms with van der Waals surface area (Å²) >= 11 is 0. The largest absolute Gasteiger partial charge is 0.458 e. The number of furan rings is 1. The summed E-state index contributed by atoms with van der Waals surface area (Å²) in [6, 6.07) is -0.289. The molecular weight excluding hydrogens is 425 g/mol. The van der Waals surface area contributed by atoms with E-state index in [-0.39, 0.29) is 41.3 Å². The Morgan fingerprint density at radius 3 is 2.55 bits per heavy atom. The van der Waals surface area contributed by atoms with Gasteiger partial charge in [-0.2, -0.15) is 13.2 Å². The van der Waals surface area contributed by atoms with E-state index >= 15 is 0 Å². The van der Waals surface area contributed by atoms with E-state index in [1.165, 1.54) is 25.4 Å². The molecule has 1 aromatic carbocycles. The molecule has 1 saturated heterocycles. The van der Waals surface area contributed by atoms with Gasteiger partial charge in [-0.15, -0.1) is 0 Å². The van der Waals surface area contributed by atoms with Gasteiger partial charge < -0.3 is 20.0 Å². The summed E-state index contributed by atoms with van der Waals surface area (Å²) in [5.74, 6) is -0.924. The summed E-state index contributed by atoms with van der Waals surface area (Å²) < 4.78 is 72.7. The fourth-order valence-corrected chi connectivity index (χ4v) is 3.22. The number of nitrogens with zero attached hydrogens (tertiary/aromatic N) is 3. The van der Waals surface area contributed by atoms with Gasteiger partial charge in [0.05, 0.1) is 31.2 Å². The van der Waals surface area contributed by atoms with Crippen LogP contribution in [0.5, 0.6) is 0 Å². The Morgan fingerprint density at radius 2 is 1.94 bits per heavy atom. The highest BCUT2D eigenvalue weighted by Gasteiger charge is 2.45. The van der Waals surface area contributed by atoms with E-state index in [9.17, 15) is 26.7 Å². The van der Waals surface area contributed by atoms with Crippen LogP contribution >= 0.6 is 0 Å². The quantitative estimate of drug-likeness (QED) is 0.592. The van der Waals surface area contributed by atoms with Crippen molar-refractivity contribution < 1.29 is 31.2 Å². The number of aromatic nitrogens is 2. The number of rotatable bonds is 4. The van der Waals surface area contributed by atoms with Gasteiger partial charge in [0.2, 0.25) is 5.95 Å². The number of anilines is 2. The van der Waals surface area contributed by atoms with Crippen molar-refractivity contribution in [1.29, 1.82) is 0 Å². The predicted octanol–water partition coefficient (Wildman–Crippen LogP) is 4.25. The number of urea groups is 1. The van der Waals surface area contributed by atoms with Crippen molar-refractivity contribution >= 4 is 28.6 Å². The first-order valence-corrected chi connectivity index (χ1v) is 9.15. The second-order valence-corrected chi connectivity index (χ2v) is 7.08. The van der Waals surface area contributed by atoms with Gasteiger partial charge in [-0.3, -0.25) is 0 Å². The van der Waals surface area contributed by atoms with E-state index in [0.717, 1.165) is 12.1 Å². The Morgan fingerprint density at radius 1 is 1.26 bits per heavy atom. The molecule has 1 aliphatic rings. The van der Waals surface area contributed by atoms with Gasteiger partial charge >= 0.3 is 12.2 Å². The average Bonchev–Trinajstić information content (AvgIpc) is 2.99. The van der Waals surface area contributed by atoms with Crippen molar-refractivity contribution in [3.8, 4) is 0 Å². The zero-order valence-electron chi connectivity index (χ0n) is 16.0. The third-order valence-corrected chi connectivity index (χ3v) is 4.82. The lowest BCUT2D eigenvalue weighted by molar-refractivity contribution is -0.158. The van der Waals surface area contributed by atoms with E-state index in [4.69, 9.17) is 4.42 Å². The van der Waals surface area contributed by atoms with Crippen LogP contribution < -0.4 is 15.5 Å². The Kier molecular flexibility index (Phi) is 5.15. The number of fused-ring (bicyclic) bond motifs is 1. The Hall–Kier alpha value is -3.44. The number of halogens is 5. The molecule has 164 valence electrons. The highest BCUT2D eigenvalue weighted by atomic mass is 19.4. The fourth-order valence-electron chi connectivity index (χ4n) is 3.22. The van der Waals surface area contributed by atoms with Crippen molar-refractivity contribution in [3.63, 3.8) is 0 Å². The van der Waals surface area contributed by atoms with Crippen LogP contribution in [-0.2, 0) is 0 Å². The monoisotopic (exact) mass is 441 g/mol. The fraction of sp³-hybridized carbons (Fsp3) is 0.316. The zero-order valence-corrected chi connectivity index (χ0v) is 16.0. The molecule has 1 fully saturated rings. The number of hydrogen-bond donors (Lipinski definition) is 2. The molecule has 0 bridgehead atoms. The Labute approximate surface area is 172 Å². The summed E-state index contributed by atoms with van der Waals surface area (Å²) in [6.07, 6.45) is -3.43. The van der Waals surface area contributed by atoms with Gasteiger partial charge in [0.25, 0.3) is 0 Å². The standard InChI is InChI=1S/C19H16F5N5O2/c1-9-13-4-10(20)2-3-14(13)31-15(9)16(19(22,23)24)28-18(30)27-12-5-25-17(26-6-12)29-7-11(21)8-29/h2-6,11,16H,7-8H2,1H3,(H2,27,28,30). The van der Waals surface area contributed by atoms with Crippen molar-refractivity contribution in [1.82, 2.24) is 15.3 Å². The molecule has 0 spiro atoms. The summed E-state index contributed by atoms with van der Waals surface area (Å²) in [4.78, 5) is 21.7. The lowest BCUT2D eigenvalue weighted by Crippen LogP contribution is -2.49. The molecule has 0 saturated carbocycles. The minimum Gasteiger partial charge on any atom is -0.458 e. The minimum atomic E-state index is -4.88. The van der Waals surface area contributed by atoms with Gasteiger partial charge in [-0.05, 0) is 25.1 Å². The molecule has 3 heterocycles. The van der Waals surface area contributed by atoms with Crippen LogP contribution in [-0.4, -0.2) is 41.4 Å². The summed E-state index contributed by atoms with van der Waals surface area (Å²) in [6.45, 7) is 1.66. The molecule has 2 amide bonds. The van der Waals surface area contributed by atoms with Crippen LogP contribution in [0.1, 0.15) is 17.4 Å². The SMILES string of the molecule is Cc1c(C(NC(=O)Nc2cnc(N3CC(F)C3)nc2)C(F)(F)F)oc2ccc(F)cc12. The van der Waals surface area contributed by atoms with E-state index in [1.54, 1.807) is 4.90 Å². The third kappa shape index (κ3) is 4.23. The molecule has 7 nitrogen and oxygen atoms in total. The smallest absolute Gasteiger partial charge is 0.416 e. The van der Waals surface area contributed by atoms with Crippen LogP contribution in [0, 0.1) is 12.7 Å². The van der Waals surface area contributed by atoms with Crippen LogP contribution in [0.2, 0.25) is 0 Å². The maximum atomic E-state index is 13.7. The number of carbonyl (C=O) groups is 1. The molecule has 0 radical (unpaired) electrons. The molecule has 0 aliphatic carbocycles. The summed E-state index contributed by atoms with van der Waals surface area (Å²) in [5.41, 5.74) is 0.171. The first-order valence-electron chi connectivity index (χ1n) is 9.15. The maximum absolute atomic E-state index is 13.7. The maximum Gasteiger partial charge on any atom is 0.416 e. The van der Waals surface area contributed by atoms with Crippen LogP contribution in [0.3, 0.4) is 0 Å². The number of alkyl halides is 4. The number of nitrogens with one attached hydrogen (secondary N) is 2. The first-order chi connectivity index (χ1) is 14.6. The molecule has 1 aliphatic heterocycles. The van der Waals surface area contributed by atoms with E-state index in [1.807, 2.05) is 5.32 Å². The van der Waals surface area contributed by atoms with Crippen LogP contribution in [0.15, 0.2) is 35.0 Å². The third-order valence-electron chi connectivity index (χ3n) is 4.82. The molecular formula is C19H16F5N5O2. The first kappa shape index (κ1) is 20.8. The highest BCUT2D eigenvalue weighted by Crippen LogP contribution is 2.38. The van der Waals surface area contributed by atoms with Crippen LogP contribution in [0.4, 0.5) is 38.4 Å². The van der Waals surface area contributed by atoms with E-state index < -0.39 is 36.0 Å². The lowest BCUT2D eigenvalue weighted by atomic mass is 10.1. The lowest BCUT2D eigenvalue weighted by Gasteiger charge is -2.34. The van der Waals surface area contributed by atoms with Crippen molar-refractivity contribution in [2.24, 2.45) is 0 Å². The molecule has 3 aromatic rings. The number of hydrogen-bond acceptors (Lipinski definition) is 5. The number of carbonyl (C=O) groups excluding carboxylic acids is 1. The van der Waals surface area contributed by atoms with Crippen molar-refractivity contribution in [2.45, 2.75) is 25.3 Å². The molecule has 2 aromatic heterocycles. The molecule has 2 N–H and O–H groups in total. The normalized spacial score (nSPS) is 15.6. The second-order valence-electron chi connectivity index (χ2n) is 7.08. The Balaban J connectivity index is 1.51. The van der Waals surface area contributed by atoms with Gasteiger partial charge in [-0.25, -0.2) is 23.5 Å². The van der Waals surface area contributed by atoms with E-state index in [0.29, 0.717) is 0 Å². The van der Waals surface area contributed by atoms with Gasteiger partial charge in [0.15, 0.2) is 6.04 Å². The zero-order chi connectivity index (χ0) is 22.3. The molecule has 4 rings (SSSR count). The van der Waals surface area contributed by atoms with Crippen molar-refractivity contribution in [3.05, 3.63) is 47.7 Å². The summed E-state index contributed by atoms with van der Waals surface area (Å²) in [5, 5.41) is 4.22. The minimum absolute atomic E-state index is 0.0443. The summed E-state index contributed by atoms with van der Waals surface area (Å²) in [7, 11) is 0. The molecule has 31 heavy (non-hydrogen) atoms. The topological polar surface area (TPSA) is 83.3 Å². The number of amides is 2. The molecule has 1 unspecified atom stereocenters. The second kappa shape index (κ2) is 7.67. The average molecular weight is 441 g/mol. The Bertz CT molecular complexity index is 1110. The van der Waals surface area contributed by atoms with Crippen LogP contribution in [0.25, 0.3) is 11.0 Å². The van der Waals surface area contributed by atoms with Gasteiger partial charge in [0.1, 0.15) is 23.3 Å². The molecule has 1 atom stereocenters. The van der Waals surface area contributed by atoms with Gasteiger partial charge in [-0.1, -0.05) is 0 Å². The highest BCUT2D eigenvalue weighted by molar-refractivity contribution is 5.89. The predicted molar refractivity (Wildman–Crippen MR) is 101 cm³/mol. The van der Waals surface area contributed by atoms with Gasteiger partial charge in [0, 0.05) is 10.9 Å². The van der Waals surface area contributed by atoms with E-state index in [2.05, 4.69) is 15.3 Å². The molecule has 12 heteroatoms. The van der Waals surface area contributed by atoms with Crippen molar-refractivity contribution in [2.75, 3.05) is 23.3 Å². The number of benzene rings is 1. The number of aryl methyl sites for hydroxylation is 1.